The van der Waals surface area contributed by atoms with Gasteiger partial charge in [-0.3, -0.25) is 19.2 Å². The van der Waals surface area contributed by atoms with Crippen molar-refractivity contribution < 1.29 is 19.2 Å². The summed E-state index contributed by atoms with van der Waals surface area (Å²) in [6.07, 6.45) is 0. The molecule has 0 spiro atoms. The fourth-order valence-electron chi connectivity index (χ4n) is 6.94. The predicted molar refractivity (Wildman–Crippen MR) is 170 cm³/mol. The van der Waals surface area contributed by atoms with Gasteiger partial charge in [0.25, 0.3) is 5.91 Å². The van der Waals surface area contributed by atoms with Gasteiger partial charge in [-0.1, -0.05) is 84.9 Å². The van der Waals surface area contributed by atoms with Gasteiger partial charge < -0.3 is 10.3 Å². The first-order chi connectivity index (χ1) is 21.5. The number of aromatic nitrogens is 1. The van der Waals surface area contributed by atoms with Crippen LogP contribution >= 0.6 is 0 Å². The minimum absolute atomic E-state index is 0.0326. The molecule has 6 aromatic carbocycles. The van der Waals surface area contributed by atoms with E-state index in [4.69, 9.17) is 0 Å². The molecule has 0 atom stereocenters. The van der Waals surface area contributed by atoms with Crippen LogP contribution in [0.25, 0.3) is 43.7 Å². The number of benzene rings is 6. The molecule has 0 aliphatic heterocycles. The van der Waals surface area contributed by atoms with Crippen LogP contribution in [-0.2, 0) is 0 Å². The van der Waals surface area contributed by atoms with Gasteiger partial charge in [0.2, 0.25) is 0 Å². The van der Waals surface area contributed by atoms with Gasteiger partial charge in [0.15, 0.2) is 17.3 Å². The van der Waals surface area contributed by atoms with Gasteiger partial charge in [-0.25, -0.2) is 0 Å². The van der Waals surface area contributed by atoms with Gasteiger partial charge >= 0.3 is 0 Å². The van der Waals surface area contributed by atoms with Crippen molar-refractivity contribution in [3.8, 4) is 11.1 Å². The summed E-state index contributed by atoms with van der Waals surface area (Å²) in [5.41, 5.74) is 5.99. The van der Waals surface area contributed by atoms with E-state index in [2.05, 4.69) is 10.3 Å². The van der Waals surface area contributed by atoms with Crippen LogP contribution in [0.1, 0.15) is 58.1 Å². The molecule has 0 saturated heterocycles. The Morgan fingerprint density at radius 2 is 1.09 bits per heavy atom. The maximum Gasteiger partial charge on any atom is 0.255 e. The standard InChI is InChI=1S/C38H20N2O4/c41-35-21-12-5-4-11-20(21)26-17-27-28-18-29(39-38(44)19-9-2-1-3-10-19)31-32(37(43)23-14-7-6-13-22(23)36(31)42)34(28)40-33(27)24-15-8-16-25(35)30(24)26/h1-18,40H,(H,39,44). The lowest BCUT2D eigenvalue weighted by Crippen LogP contribution is -2.24. The number of rotatable bonds is 2. The zero-order valence-electron chi connectivity index (χ0n) is 23.0. The zero-order chi connectivity index (χ0) is 29.7. The summed E-state index contributed by atoms with van der Waals surface area (Å²) >= 11 is 0. The first kappa shape index (κ1) is 24.5. The molecule has 206 valence electrons. The molecule has 44 heavy (non-hydrogen) atoms. The molecule has 7 aromatic rings. The van der Waals surface area contributed by atoms with E-state index in [0.717, 1.165) is 32.8 Å². The molecule has 6 nitrogen and oxygen atoms in total. The first-order valence-electron chi connectivity index (χ1n) is 14.3. The van der Waals surface area contributed by atoms with E-state index in [-0.39, 0.29) is 40.1 Å². The second-order valence-corrected chi connectivity index (χ2v) is 11.2. The van der Waals surface area contributed by atoms with Crippen LogP contribution in [0.4, 0.5) is 5.69 Å². The van der Waals surface area contributed by atoms with E-state index < -0.39 is 0 Å². The van der Waals surface area contributed by atoms with Gasteiger partial charge in [0.1, 0.15) is 0 Å². The summed E-state index contributed by atoms with van der Waals surface area (Å²) in [6, 6.07) is 32.6. The zero-order valence-corrected chi connectivity index (χ0v) is 23.0. The number of nitrogens with one attached hydrogen (secondary N) is 2. The summed E-state index contributed by atoms with van der Waals surface area (Å²) in [6.45, 7) is 0. The SMILES string of the molecule is O=C(Nc1cc2c([nH]c3c4cccc5c4c(cc23)-c2ccccc2C5=O)c2c1C(=O)c1ccccc1C2=O)c1ccccc1. The normalized spacial score (nSPS) is 13.2. The van der Waals surface area contributed by atoms with Crippen molar-refractivity contribution in [1.29, 1.82) is 0 Å². The third-order valence-corrected chi connectivity index (χ3v) is 8.89. The summed E-state index contributed by atoms with van der Waals surface area (Å²) in [7, 11) is 0. The molecule has 0 unspecified atom stereocenters. The lowest BCUT2D eigenvalue weighted by Gasteiger charge is -2.21. The highest BCUT2D eigenvalue weighted by Crippen LogP contribution is 2.46. The molecule has 1 heterocycles. The van der Waals surface area contributed by atoms with Crippen LogP contribution in [0.2, 0.25) is 0 Å². The topological polar surface area (TPSA) is 96.1 Å². The predicted octanol–water partition coefficient (Wildman–Crippen LogP) is 7.71. The minimum atomic E-state index is -0.385. The maximum absolute atomic E-state index is 14.2. The van der Waals surface area contributed by atoms with E-state index in [0.29, 0.717) is 38.7 Å². The van der Waals surface area contributed by atoms with E-state index in [1.807, 2.05) is 54.6 Å². The Hall–Kier alpha value is -6.14. The Labute approximate surface area is 250 Å². The molecule has 1 amide bonds. The molecule has 1 aromatic heterocycles. The molecule has 0 fully saturated rings. The van der Waals surface area contributed by atoms with Crippen LogP contribution in [0, 0.1) is 0 Å². The summed E-state index contributed by atoms with van der Waals surface area (Å²) in [5, 5.41) is 6.15. The second kappa shape index (κ2) is 8.69. The van der Waals surface area contributed by atoms with Crippen molar-refractivity contribution in [2.45, 2.75) is 0 Å². The number of anilines is 1. The lowest BCUT2D eigenvalue weighted by atomic mass is 9.81. The largest absolute Gasteiger partial charge is 0.353 e. The van der Waals surface area contributed by atoms with Crippen LogP contribution < -0.4 is 5.32 Å². The average Bonchev–Trinajstić information content (AvgIpc) is 3.44. The quantitative estimate of drug-likeness (QED) is 0.223. The average molecular weight is 569 g/mol. The molecule has 9 rings (SSSR count). The van der Waals surface area contributed by atoms with Crippen LogP contribution in [-0.4, -0.2) is 28.2 Å². The fourth-order valence-corrected chi connectivity index (χ4v) is 6.94. The number of ketones is 3. The van der Waals surface area contributed by atoms with Gasteiger partial charge in [-0.2, -0.15) is 0 Å². The van der Waals surface area contributed by atoms with Gasteiger partial charge in [0, 0.05) is 49.4 Å². The third kappa shape index (κ3) is 3.14. The van der Waals surface area contributed by atoms with Crippen LogP contribution in [0.5, 0.6) is 0 Å². The van der Waals surface area contributed by atoms with Crippen molar-refractivity contribution in [1.82, 2.24) is 4.98 Å². The van der Waals surface area contributed by atoms with Gasteiger partial charge in [0.05, 0.1) is 27.8 Å². The van der Waals surface area contributed by atoms with Gasteiger partial charge in [-0.05, 0) is 35.4 Å². The number of carbonyl (C=O) groups excluding carboxylic acids is 4. The van der Waals surface area contributed by atoms with Crippen LogP contribution in [0.3, 0.4) is 0 Å². The summed E-state index contributed by atoms with van der Waals surface area (Å²) in [5.74, 6) is -1.04. The van der Waals surface area contributed by atoms with Crippen molar-refractivity contribution in [3.63, 3.8) is 0 Å². The molecule has 0 radical (unpaired) electrons. The highest BCUT2D eigenvalue weighted by atomic mass is 16.2. The Bertz CT molecular complexity index is 2490. The highest BCUT2D eigenvalue weighted by molar-refractivity contribution is 6.37. The molecule has 2 aliphatic rings. The van der Waals surface area contributed by atoms with Crippen molar-refractivity contribution >= 4 is 61.5 Å². The number of hydrogen-bond acceptors (Lipinski definition) is 4. The first-order valence-corrected chi connectivity index (χ1v) is 14.3. The molecular weight excluding hydrogens is 548 g/mol. The Morgan fingerprint density at radius 1 is 0.500 bits per heavy atom. The van der Waals surface area contributed by atoms with E-state index in [9.17, 15) is 19.2 Å². The van der Waals surface area contributed by atoms with E-state index >= 15 is 0 Å². The van der Waals surface area contributed by atoms with E-state index in [1.54, 1.807) is 54.6 Å². The van der Waals surface area contributed by atoms with Crippen molar-refractivity contribution in [2.75, 3.05) is 5.32 Å². The minimum Gasteiger partial charge on any atom is -0.353 e. The lowest BCUT2D eigenvalue weighted by molar-refractivity contribution is 0.0979. The smallest absolute Gasteiger partial charge is 0.255 e. The Kier molecular flexibility index (Phi) is 4.83. The van der Waals surface area contributed by atoms with Crippen molar-refractivity contribution in [2.24, 2.45) is 0 Å². The number of amides is 1. The molecule has 2 N–H and O–H groups in total. The highest BCUT2D eigenvalue weighted by Gasteiger charge is 2.35. The maximum atomic E-state index is 14.2. The van der Waals surface area contributed by atoms with Crippen LogP contribution in [0.15, 0.2) is 109 Å². The second-order valence-electron chi connectivity index (χ2n) is 11.2. The number of H-pyrrole nitrogens is 1. The Balaban J connectivity index is 1.40. The Morgan fingerprint density at radius 3 is 1.82 bits per heavy atom. The fraction of sp³-hybridized carbons (Fsp3) is 0. The summed E-state index contributed by atoms with van der Waals surface area (Å²) in [4.78, 5) is 58.6. The third-order valence-electron chi connectivity index (χ3n) is 8.89. The molecule has 2 aliphatic carbocycles. The van der Waals surface area contributed by atoms with E-state index in [1.165, 1.54) is 0 Å². The monoisotopic (exact) mass is 568 g/mol. The molecule has 0 bridgehead atoms. The molecular formula is C38H20N2O4. The van der Waals surface area contributed by atoms with Gasteiger partial charge in [-0.15, -0.1) is 0 Å². The van der Waals surface area contributed by atoms with Crippen molar-refractivity contribution in [3.05, 3.63) is 148 Å². The number of fused-ring (bicyclic) bond motifs is 9. The molecule has 6 heteroatoms. The summed E-state index contributed by atoms with van der Waals surface area (Å²) < 4.78 is 0. The number of hydrogen-bond donors (Lipinski definition) is 2. The number of carbonyl (C=O) groups is 4. The number of aromatic amines is 1. The molecule has 0 saturated carbocycles.